The van der Waals surface area contributed by atoms with Gasteiger partial charge in [-0.15, -0.1) is 0 Å². The van der Waals surface area contributed by atoms with Crippen LogP contribution in [0, 0.1) is 5.16 Å². The van der Waals surface area contributed by atoms with Gasteiger partial charge in [0.2, 0.25) is 0 Å². The predicted octanol–water partition coefficient (Wildman–Crippen LogP) is 7.77. The first-order valence-corrected chi connectivity index (χ1v) is 23.2. The Kier molecular flexibility index (Phi) is 9.11. The fraction of sp³-hybridized carbons (Fsp3) is 0.0270. The molecule has 0 heterocycles. The van der Waals surface area contributed by atoms with Crippen molar-refractivity contribution in [2.45, 2.75) is 0 Å². The first kappa shape index (κ1) is 33.7. The number of hydrogen-bond acceptors (Lipinski definition) is 4. The molecule has 5 N–H and O–H groups in total. The van der Waals surface area contributed by atoms with Crippen LogP contribution in [0.25, 0.3) is 0 Å². The van der Waals surface area contributed by atoms with E-state index in [9.17, 15) is 5.16 Å². The second kappa shape index (κ2) is 12.7. The molecule has 10 heteroatoms. The quantitative estimate of drug-likeness (QED) is 0.100. The van der Waals surface area contributed by atoms with Crippen LogP contribution in [-0.4, -0.2) is 16.4 Å². The van der Waals surface area contributed by atoms with Gasteiger partial charge in [0.05, 0.1) is 0 Å². The predicted molar refractivity (Wildman–Crippen MR) is 210 cm³/mol. The summed E-state index contributed by atoms with van der Waals surface area (Å²) in [5, 5.41) is 15.3. The molecule has 0 radical (unpaired) electrons. The van der Waals surface area contributed by atoms with E-state index in [1.807, 2.05) is 198 Å². The van der Waals surface area contributed by atoms with E-state index in [-0.39, 0.29) is 0 Å². The van der Waals surface area contributed by atoms with Crippen molar-refractivity contribution < 1.29 is 0 Å². The van der Waals surface area contributed by atoms with Gasteiger partial charge in [0, 0.05) is 0 Å². The minimum atomic E-state index is -4.70. The van der Waals surface area contributed by atoms with Crippen LogP contribution in [0.4, 0.5) is 0 Å². The number of nitrogens with two attached hydrogens (primary N) is 2. The van der Waals surface area contributed by atoms with Gasteiger partial charge in [-0.05, 0) is 0 Å². The molecule has 0 saturated heterocycles. The average Bonchev–Trinajstić information content (AvgIpc) is 3.14. The van der Waals surface area contributed by atoms with Gasteiger partial charge in [-0.3, -0.25) is 0 Å². The molecule has 0 aliphatic rings. The van der Waals surface area contributed by atoms with Crippen LogP contribution < -0.4 is 42.8 Å². The first-order chi connectivity index (χ1) is 22.5. The molecular weight excluding hydrogens is 678 g/mol. The zero-order valence-electron chi connectivity index (χ0n) is 26.0. The summed E-state index contributed by atoms with van der Waals surface area (Å²) in [6.07, 6.45) is -9.19. The summed E-state index contributed by atoms with van der Waals surface area (Å²) in [5.74, 6) is 0. The number of nitrogens with one attached hydrogen (secondary N) is 1. The fourth-order valence-electron chi connectivity index (χ4n) is 6.19. The van der Waals surface area contributed by atoms with Crippen LogP contribution in [0.1, 0.15) is 0 Å². The molecular formula is C37H38Cl2N5P3. The van der Waals surface area contributed by atoms with E-state index in [2.05, 4.69) is 0 Å². The molecule has 6 aromatic rings. The molecule has 0 saturated carbocycles. The van der Waals surface area contributed by atoms with Gasteiger partial charge in [-0.25, -0.2) is 0 Å². The molecule has 0 aromatic heterocycles. The molecule has 5 nitrogen and oxygen atoms in total. The van der Waals surface area contributed by atoms with E-state index in [4.69, 9.17) is 33.5 Å². The molecule has 0 atom stereocenters. The summed E-state index contributed by atoms with van der Waals surface area (Å²) in [4.78, 5) is 0. The number of hydrazine groups is 1. The van der Waals surface area contributed by atoms with E-state index >= 15 is 0 Å². The van der Waals surface area contributed by atoms with Crippen molar-refractivity contribution >= 4 is 74.0 Å². The van der Waals surface area contributed by atoms with E-state index < -0.39 is 19.7 Å². The fourth-order valence-corrected chi connectivity index (χ4v) is 22.3. The second-order valence-corrected chi connectivity index (χ2v) is 25.7. The Morgan fingerprint density at radius 1 is 0.447 bits per heavy atom. The maximum atomic E-state index is 11.0. The summed E-state index contributed by atoms with van der Waals surface area (Å²) < 4.78 is 3.81. The zero-order chi connectivity index (χ0) is 33.2. The van der Waals surface area contributed by atoms with Crippen molar-refractivity contribution in [2.75, 3.05) is 7.05 Å². The summed E-state index contributed by atoms with van der Waals surface area (Å²) >= 11 is 16.7. The minimum absolute atomic E-state index is 0.679. The van der Waals surface area contributed by atoms with Crippen molar-refractivity contribution in [3.8, 4) is 0 Å². The molecule has 0 fully saturated rings. The number of benzene rings is 6. The second-order valence-electron chi connectivity index (χ2n) is 11.5. The standard InChI is InChI=1S/C37H38Cl2N5P3/c1-43(46(38,41,34-24-12-4-13-25-34)35-26-14-5-15-27-35)44(45(40,32-20-8-2-9-21-32)33-22-10-3-11-23-33)47(39,42,36-28-16-6-17-29-36)37-30-18-7-19-31-37/h2-31,40H,41-42H2,1H3. The van der Waals surface area contributed by atoms with Crippen molar-refractivity contribution in [1.82, 2.24) is 9.33 Å². The van der Waals surface area contributed by atoms with Crippen LogP contribution in [-0.2, 0) is 0 Å². The Morgan fingerprint density at radius 3 is 0.957 bits per heavy atom. The van der Waals surface area contributed by atoms with Gasteiger partial charge < -0.3 is 0 Å². The Bertz CT molecular complexity index is 1870. The average molecular weight is 717 g/mol. The summed E-state index contributed by atoms with van der Waals surface area (Å²) in [6, 6.07) is 58.4. The Labute approximate surface area is 287 Å². The van der Waals surface area contributed by atoms with Crippen LogP contribution >= 0.6 is 42.2 Å². The summed E-state index contributed by atoms with van der Waals surface area (Å²) in [5.41, 5.74) is 16.0. The topological polar surface area (TPSA) is 82.4 Å². The molecule has 0 aliphatic heterocycles. The molecule has 0 aliphatic carbocycles. The molecule has 0 bridgehead atoms. The van der Waals surface area contributed by atoms with Gasteiger partial charge in [-0.2, -0.15) is 0 Å². The molecule has 6 rings (SSSR count). The van der Waals surface area contributed by atoms with Crippen LogP contribution in [0.3, 0.4) is 0 Å². The van der Waals surface area contributed by atoms with Crippen molar-refractivity contribution in [1.29, 1.82) is 5.16 Å². The normalized spacial score (nSPS) is 14.2. The summed E-state index contributed by atoms with van der Waals surface area (Å²) in [6.45, 7) is 0. The molecule has 6 aromatic carbocycles. The van der Waals surface area contributed by atoms with Crippen LogP contribution in [0.15, 0.2) is 182 Å². The Hall–Kier alpha value is -3.17. The molecule has 0 amide bonds. The Balaban J connectivity index is 1.84. The SMILES string of the molecule is CN(N(P(=N)(c1ccccc1)c1ccccc1)P(N)(Cl)(c1ccccc1)c1ccccc1)P(N)(Cl)(c1ccccc1)c1ccccc1. The van der Waals surface area contributed by atoms with Crippen molar-refractivity contribution in [3.05, 3.63) is 182 Å². The van der Waals surface area contributed by atoms with Gasteiger partial charge in [0.1, 0.15) is 0 Å². The van der Waals surface area contributed by atoms with E-state index in [1.165, 1.54) is 0 Å². The number of nitrogens with zero attached hydrogens (tertiary/aromatic N) is 2. The van der Waals surface area contributed by atoms with Gasteiger partial charge in [-0.1, -0.05) is 0 Å². The number of rotatable bonds is 10. The van der Waals surface area contributed by atoms with Gasteiger partial charge in [0.25, 0.3) is 0 Å². The maximum absolute atomic E-state index is 11.0. The summed E-state index contributed by atoms with van der Waals surface area (Å²) in [7, 11) is -1.70. The van der Waals surface area contributed by atoms with E-state index in [0.29, 0.717) is 21.2 Å². The van der Waals surface area contributed by atoms with Gasteiger partial charge in [0.15, 0.2) is 0 Å². The van der Waals surface area contributed by atoms with E-state index in [0.717, 1.165) is 10.6 Å². The van der Waals surface area contributed by atoms with Crippen LogP contribution in [0.5, 0.6) is 0 Å². The van der Waals surface area contributed by atoms with E-state index in [1.54, 1.807) is 0 Å². The Morgan fingerprint density at radius 2 is 0.681 bits per heavy atom. The molecule has 0 unspecified atom stereocenters. The number of halogens is 2. The van der Waals surface area contributed by atoms with Gasteiger partial charge >= 0.3 is 289 Å². The van der Waals surface area contributed by atoms with Crippen molar-refractivity contribution in [2.24, 2.45) is 11.0 Å². The first-order valence-electron chi connectivity index (χ1n) is 15.1. The van der Waals surface area contributed by atoms with Crippen LogP contribution in [0.2, 0.25) is 0 Å². The third kappa shape index (κ3) is 5.41. The molecule has 47 heavy (non-hydrogen) atoms. The third-order valence-electron chi connectivity index (χ3n) is 8.69. The van der Waals surface area contributed by atoms with Crippen molar-refractivity contribution in [3.63, 3.8) is 0 Å². The third-order valence-corrected chi connectivity index (χ3v) is 24.9. The monoisotopic (exact) mass is 715 g/mol. The zero-order valence-corrected chi connectivity index (χ0v) is 30.2. The molecule has 0 spiro atoms. The molecule has 240 valence electrons. The number of hydrogen-bond donors (Lipinski definition) is 3.